The van der Waals surface area contributed by atoms with E-state index in [1.165, 1.54) is 4.57 Å². The van der Waals surface area contributed by atoms with E-state index >= 15 is 0 Å². The minimum absolute atomic E-state index is 0.00796. The lowest BCUT2D eigenvalue weighted by molar-refractivity contribution is 0.0543. The molecule has 1 unspecified atom stereocenters. The summed E-state index contributed by atoms with van der Waals surface area (Å²) in [4.78, 5) is 31.2. The van der Waals surface area contributed by atoms with Gasteiger partial charge in [0.05, 0.1) is 17.8 Å². The molecule has 7 nitrogen and oxygen atoms in total. The Hall–Kier alpha value is -3.78. The predicted molar refractivity (Wildman–Crippen MR) is 146 cm³/mol. The fourth-order valence-electron chi connectivity index (χ4n) is 4.30. The van der Waals surface area contributed by atoms with Crippen LogP contribution in [0.3, 0.4) is 0 Å². The van der Waals surface area contributed by atoms with Crippen LogP contribution in [0.4, 0.5) is 10.5 Å². The van der Waals surface area contributed by atoms with Crippen LogP contribution in [0.2, 0.25) is 0 Å². The number of pyridine rings is 1. The second-order valence-corrected chi connectivity index (χ2v) is 11.0. The van der Waals surface area contributed by atoms with Crippen molar-refractivity contribution in [3.05, 3.63) is 90.4 Å². The number of aromatic nitrogens is 2. The maximum atomic E-state index is 13.8. The highest BCUT2D eigenvalue weighted by Gasteiger charge is 2.33. The Bertz CT molecular complexity index is 1410. The molecule has 4 aromatic rings. The molecule has 0 bridgehead atoms. The first-order valence-corrected chi connectivity index (χ1v) is 13.1. The summed E-state index contributed by atoms with van der Waals surface area (Å²) in [6, 6.07) is 19.2. The molecule has 0 amide bonds. The second kappa shape index (κ2) is 10.3. The lowest BCUT2D eigenvalue weighted by atomic mass is 9.98. The molecule has 0 aliphatic carbocycles. The van der Waals surface area contributed by atoms with Gasteiger partial charge in [-0.3, -0.25) is 9.78 Å². The third-order valence-electron chi connectivity index (χ3n) is 6.00. The molecule has 1 atom stereocenters. The van der Waals surface area contributed by atoms with Gasteiger partial charge in [0.1, 0.15) is 23.5 Å². The third-order valence-corrected chi connectivity index (χ3v) is 7.23. The van der Waals surface area contributed by atoms with Gasteiger partial charge in [0.15, 0.2) is 5.78 Å². The van der Waals surface area contributed by atoms with E-state index in [4.69, 9.17) is 9.47 Å². The Morgan fingerprint density at radius 2 is 1.86 bits per heavy atom. The molecule has 2 aromatic carbocycles. The van der Waals surface area contributed by atoms with Gasteiger partial charge >= 0.3 is 6.09 Å². The number of para-hydroxylation sites is 1. The summed E-state index contributed by atoms with van der Waals surface area (Å²) in [5, 5.41) is 0.672. The number of nitrogens with zero attached hydrogens (tertiary/aromatic N) is 3. The Labute approximate surface area is 220 Å². The van der Waals surface area contributed by atoms with Gasteiger partial charge in [-0.1, -0.05) is 42.5 Å². The summed E-state index contributed by atoms with van der Waals surface area (Å²) in [6.45, 7) is 6.36. The number of hydrogen-bond acceptors (Lipinski definition) is 7. The highest BCUT2D eigenvalue weighted by atomic mass is 32.2. The van der Waals surface area contributed by atoms with Crippen LogP contribution in [0.25, 0.3) is 10.9 Å². The molecule has 1 fully saturated rings. The van der Waals surface area contributed by atoms with Gasteiger partial charge in [0.2, 0.25) is 0 Å². The number of hydrogen-bond donors (Lipinski definition) is 0. The molecule has 190 valence electrons. The standard InChI is InChI=1S/C29H29N3O4S/c1-29(2,3)36-28(34)31-17-24(27(33)21-16-32(37-19-21)22-11-8-14-30-15-22)23-12-7-13-25(26(23)31)35-18-20-9-5-4-6-10-20/h4-15,17,21H,16,18-19H2,1-3H3. The molecular formula is C29H29N3O4S. The van der Waals surface area contributed by atoms with E-state index in [2.05, 4.69) is 9.29 Å². The summed E-state index contributed by atoms with van der Waals surface area (Å²) in [6.07, 6.45) is 4.58. The van der Waals surface area contributed by atoms with Gasteiger partial charge in [-0.25, -0.2) is 9.36 Å². The lowest BCUT2D eigenvalue weighted by Crippen LogP contribution is -2.27. The van der Waals surface area contributed by atoms with Gasteiger partial charge in [-0.15, -0.1) is 0 Å². The van der Waals surface area contributed by atoms with Crippen LogP contribution in [0.5, 0.6) is 5.75 Å². The van der Waals surface area contributed by atoms with Crippen molar-refractivity contribution in [3.8, 4) is 5.75 Å². The van der Waals surface area contributed by atoms with Gasteiger partial charge in [0, 0.05) is 35.6 Å². The molecule has 3 heterocycles. The molecule has 2 aromatic heterocycles. The van der Waals surface area contributed by atoms with E-state index < -0.39 is 11.7 Å². The maximum absolute atomic E-state index is 13.8. The zero-order valence-corrected chi connectivity index (χ0v) is 21.9. The predicted octanol–water partition coefficient (Wildman–Crippen LogP) is 6.37. The van der Waals surface area contributed by atoms with E-state index in [-0.39, 0.29) is 11.7 Å². The topological polar surface area (TPSA) is 73.7 Å². The Kier molecular flexibility index (Phi) is 6.93. The molecule has 1 saturated heterocycles. The molecule has 1 aliphatic rings. The smallest absolute Gasteiger partial charge is 0.419 e. The van der Waals surface area contributed by atoms with Crippen LogP contribution in [-0.4, -0.2) is 39.3 Å². The van der Waals surface area contributed by atoms with Crippen LogP contribution < -0.4 is 9.04 Å². The Morgan fingerprint density at radius 3 is 2.59 bits per heavy atom. The largest absolute Gasteiger partial charge is 0.487 e. The number of benzene rings is 2. The molecule has 8 heteroatoms. The molecule has 0 saturated carbocycles. The summed E-state index contributed by atoms with van der Waals surface area (Å²) in [7, 11) is 0. The molecule has 0 radical (unpaired) electrons. The van der Waals surface area contributed by atoms with Crippen LogP contribution in [-0.2, 0) is 11.3 Å². The van der Waals surface area contributed by atoms with Crippen molar-refractivity contribution in [2.45, 2.75) is 33.0 Å². The minimum atomic E-state index is -0.690. The number of carbonyl (C=O) groups excluding carboxylic acids is 2. The first-order chi connectivity index (χ1) is 17.8. The number of Topliss-reactive ketones (excluding diaryl/α,β-unsaturated/α-hetero) is 1. The average molecular weight is 516 g/mol. The number of carbonyl (C=O) groups is 2. The number of ketones is 1. The van der Waals surface area contributed by atoms with Crippen molar-refractivity contribution in [2.24, 2.45) is 5.92 Å². The van der Waals surface area contributed by atoms with Crippen molar-refractivity contribution < 1.29 is 19.1 Å². The zero-order chi connectivity index (χ0) is 26.0. The number of ether oxygens (including phenoxy) is 2. The first kappa shape index (κ1) is 24.9. The van der Waals surface area contributed by atoms with Gasteiger partial charge < -0.3 is 13.8 Å². The van der Waals surface area contributed by atoms with Crippen molar-refractivity contribution in [2.75, 3.05) is 16.6 Å². The summed E-state index contributed by atoms with van der Waals surface area (Å²) in [5.41, 5.74) is 2.31. The van der Waals surface area contributed by atoms with Crippen LogP contribution in [0.15, 0.2) is 79.3 Å². The first-order valence-electron chi connectivity index (χ1n) is 12.2. The summed E-state index contributed by atoms with van der Waals surface area (Å²) < 4.78 is 15.3. The van der Waals surface area contributed by atoms with Gasteiger partial charge in [-0.2, -0.15) is 0 Å². The molecule has 37 heavy (non-hydrogen) atoms. The van der Waals surface area contributed by atoms with Crippen LogP contribution >= 0.6 is 11.9 Å². The fraction of sp³-hybridized carbons (Fsp3) is 0.276. The number of anilines is 1. The highest BCUT2D eigenvalue weighted by molar-refractivity contribution is 8.00. The van der Waals surface area contributed by atoms with E-state index in [1.54, 1.807) is 30.5 Å². The van der Waals surface area contributed by atoms with Gasteiger partial charge in [0.25, 0.3) is 0 Å². The fourth-order valence-corrected chi connectivity index (χ4v) is 5.46. The van der Waals surface area contributed by atoms with E-state index in [1.807, 2.05) is 81.4 Å². The average Bonchev–Trinajstić information content (AvgIpc) is 3.53. The van der Waals surface area contributed by atoms with Crippen molar-refractivity contribution >= 4 is 40.4 Å². The Balaban J connectivity index is 1.49. The molecule has 1 aliphatic heterocycles. The molecular weight excluding hydrogens is 486 g/mol. The quantitative estimate of drug-likeness (QED) is 0.218. The number of fused-ring (bicyclic) bond motifs is 1. The number of rotatable bonds is 6. The molecule has 0 N–H and O–H groups in total. The summed E-state index contributed by atoms with van der Waals surface area (Å²) >= 11 is 1.61. The normalized spacial score (nSPS) is 15.6. The lowest BCUT2D eigenvalue weighted by Gasteiger charge is -2.20. The Morgan fingerprint density at radius 1 is 1.05 bits per heavy atom. The van der Waals surface area contributed by atoms with Crippen molar-refractivity contribution in [1.29, 1.82) is 0 Å². The monoisotopic (exact) mass is 515 g/mol. The van der Waals surface area contributed by atoms with E-state index in [9.17, 15) is 9.59 Å². The maximum Gasteiger partial charge on any atom is 0.419 e. The van der Waals surface area contributed by atoms with Gasteiger partial charge in [-0.05, 0) is 56.5 Å². The minimum Gasteiger partial charge on any atom is -0.487 e. The molecule has 0 spiro atoms. The molecule has 5 rings (SSSR count). The highest BCUT2D eigenvalue weighted by Crippen LogP contribution is 2.36. The van der Waals surface area contributed by atoms with Crippen LogP contribution in [0.1, 0.15) is 36.7 Å². The van der Waals surface area contributed by atoms with E-state index in [0.717, 1.165) is 11.3 Å². The summed E-state index contributed by atoms with van der Waals surface area (Å²) in [5.74, 6) is 0.934. The second-order valence-electron chi connectivity index (χ2n) is 9.95. The van der Waals surface area contributed by atoms with E-state index in [0.29, 0.717) is 41.1 Å². The SMILES string of the molecule is CC(C)(C)OC(=O)n1cc(C(=O)C2CSN(c3cccnc3)C2)c2cccc(OCc3ccccc3)c21. The van der Waals surface area contributed by atoms with Crippen molar-refractivity contribution in [3.63, 3.8) is 0 Å². The zero-order valence-electron chi connectivity index (χ0n) is 21.1. The van der Waals surface area contributed by atoms with Crippen LogP contribution in [0, 0.1) is 5.92 Å². The third kappa shape index (κ3) is 5.49. The van der Waals surface area contributed by atoms with Crippen molar-refractivity contribution in [1.82, 2.24) is 9.55 Å².